The molecule has 1 aliphatic heterocycles. The predicted molar refractivity (Wildman–Crippen MR) is 162 cm³/mol. The van der Waals surface area contributed by atoms with Crippen LogP contribution in [0.2, 0.25) is 0 Å². The number of nitrogens with one attached hydrogen (secondary N) is 1. The number of carboxylic acids is 1. The number of aryl methyl sites for hydroxylation is 1. The molecule has 0 bridgehead atoms. The van der Waals surface area contributed by atoms with Crippen molar-refractivity contribution in [2.24, 2.45) is 5.92 Å². The van der Waals surface area contributed by atoms with Gasteiger partial charge < -0.3 is 24.5 Å². The van der Waals surface area contributed by atoms with Crippen molar-refractivity contribution in [3.63, 3.8) is 0 Å². The third kappa shape index (κ3) is 6.06. The van der Waals surface area contributed by atoms with Crippen LogP contribution in [0.1, 0.15) is 39.3 Å². The Balaban J connectivity index is 1.05. The highest BCUT2D eigenvalue weighted by Gasteiger charge is 2.22. The largest absolute Gasteiger partial charge is 0.493 e. The molecule has 1 fully saturated rings. The van der Waals surface area contributed by atoms with E-state index in [-0.39, 0.29) is 23.0 Å². The molecule has 3 heterocycles. The second-order valence-corrected chi connectivity index (χ2v) is 10.7. The summed E-state index contributed by atoms with van der Waals surface area (Å²) in [5.41, 5.74) is 3.19. The highest BCUT2D eigenvalue weighted by molar-refractivity contribution is 6.06. The first-order valence-electron chi connectivity index (χ1n) is 14.1. The number of hydrogen-bond donors (Lipinski definition) is 2. The van der Waals surface area contributed by atoms with E-state index in [2.05, 4.69) is 15.2 Å². The molecule has 8 nitrogen and oxygen atoms in total. The molecule has 1 aliphatic rings. The Bertz CT molecular complexity index is 1790. The third-order valence-corrected chi connectivity index (χ3v) is 7.84. The van der Waals surface area contributed by atoms with Crippen LogP contribution in [0.15, 0.2) is 89.5 Å². The number of piperidine rings is 1. The molecule has 1 amide bonds. The summed E-state index contributed by atoms with van der Waals surface area (Å²) in [6.07, 6.45) is 3.47. The molecule has 0 atom stereocenters. The zero-order chi connectivity index (χ0) is 29.9. The summed E-state index contributed by atoms with van der Waals surface area (Å²) in [6, 6.07) is 22.2. The van der Waals surface area contributed by atoms with Crippen molar-refractivity contribution >= 4 is 34.4 Å². The number of aromatic nitrogens is 1. The van der Waals surface area contributed by atoms with Gasteiger partial charge in [-0.1, -0.05) is 30.3 Å². The van der Waals surface area contributed by atoms with E-state index in [4.69, 9.17) is 14.3 Å². The summed E-state index contributed by atoms with van der Waals surface area (Å²) in [6.45, 7) is 3.97. The molecule has 9 heteroatoms. The van der Waals surface area contributed by atoms with E-state index in [0.29, 0.717) is 46.2 Å². The number of anilines is 2. The van der Waals surface area contributed by atoms with Gasteiger partial charge in [0.15, 0.2) is 5.76 Å². The number of amides is 1. The standard InChI is InChI=1S/C34H30FN3O5/c1-21-28-18-23(27-7-2-3-8-29(27)35)9-11-30(28)43-32(21)33(39)37-25-10-12-31(36-19-25)38-15-13-22(14-16-38)20-42-26-6-4-5-24(17-26)34(40)41/h2-12,17-19,22H,13-16,20H2,1H3,(H,37,39)(H,40,41). The van der Waals surface area contributed by atoms with Crippen LogP contribution in [-0.4, -0.2) is 41.7 Å². The van der Waals surface area contributed by atoms with Crippen molar-refractivity contribution < 1.29 is 28.2 Å². The number of carbonyl (C=O) groups excluding carboxylic acids is 1. The number of carbonyl (C=O) groups is 2. The summed E-state index contributed by atoms with van der Waals surface area (Å²) in [7, 11) is 0. The molecular formula is C34H30FN3O5. The predicted octanol–water partition coefficient (Wildman–Crippen LogP) is 7.19. The molecule has 2 N–H and O–H groups in total. The Kier molecular flexibility index (Phi) is 7.79. The van der Waals surface area contributed by atoms with E-state index < -0.39 is 5.97 Å². The average molecular weight is 580 g/mol. The number of aromatic carboxylic acids is 1. The lowest BCUT2D eigenvalue weighted by Crippen LogP contribution is -2.36. The van der Waals surface area contributed by atoms with E-state index in [1.54, 1.807) is 60.8 Å². The third-order valence-electron chi connectivity index (χ3n) is 7.84. The van der Waals surface area contributed by atoms with Crippen molar-refractivity contribution in [1.29, 1.82) is 0 Å². The number of benzene rings is 3. The Labute approximate surface area is 247 Å². The van der Waals surface area contributed by atoms with Crippen LogP contribution in [0.3, 0.4) is 0 Å². The van der Waals surface area contributed by atoms with Crippen LogP contribution in [-0.2, 0) is 0 Å². The lowest BCUT2D eigenvalue weighted by molar-refractivity contribution is 0.0696. The highest BCUT2D eigenvalue weighted by atomic mass is 19.1. The van der Waals surface area contributed by atoms with E-state index >= 15 is 0 Å². The molecule has 6 rings (SSSR count). The van der Waals surface area contributed by atoms with Gasteiger partial charge >= 0.3 is 5.97 Å². The Morgan fingerprint density at radius 3 is 2.60 bits per heavy atom. The van der Waals surface area contributed by atoms with Gasteiger partial charge in [0.25, 0.3) is 5.91 Å². The maximum Gasteiger partial charge on any atom is 0.335 e. The fourth-order valence-corrected chi connectivity index (χ4v) is 5.40. The van der Waals surface area contributed by atoms with Crippen molar-refractivity contribution in [3.8, 4) is 16.9 Å². The van der Waals surface area contributed by atoms with Gasteiger partial charge in [-0.2, -0.15) is 0 Å². The molecule has 0 spiro atoms. The van der Waals surface area contributed by atoms with Crippen LogP contribution in [0.25, 0.3) is 22.1 Å². The molecule has 5 aromatic rings. The minimum absolute atomic E-state index is 0.198. The van der Waals surface area contributed by atoms with Gasteiger partial charge in [0.05, 0.1) is 24.1 Å². The molecule has 2 aromatic heterocycles. The Morgan fingerprint density at radius 1 is 1.05 bits per heavy atom. The lowest BCUT2D eigenvalue weighted by atomic mass is 9.98. The monoisotopic (exact) mass is 579 g/mol. The topological polar surface area (TPSA) is 105 Å². The molecule has 0 unspecified atom stereocenters. The van der Waals surface area contributed by atoms with Gasteiger partial charge in [0, 0.05) is 29.6 Å². The summed E-state index contributed by atoms with van der Waals surface area (Å²) in [5.74, 6) is 0.278. The van der Waals surface area contributed by atoms with Gasteiger partial charge in [0.1, 0.15) is 23.0 Å². The number of furan rings is 1. The molecule has 0 saturated carbocycles. The minimum Gasteiger partial charge on any atom is -0.493 e. The Hall–Kier alpha value is -5.18. The summed E-state index contributed by atoms with van der Waals surface area (Å²) in [5, 5.41) is 12.8. The SMILES string of the molecule is Cc1c(C(=O)Nc2ccc(N3CCC(COc4cccc(C(=O)O)c4)CC3)nc2)oc2ccc(-c3ccccc3F)cc12. The second kappa shape index (κ2) is 12.0. The number of rotatable bonds is 8. The number of halogens is 1. The van der Waals surface area contributed by atoms with Crippen molar-refractivity contribution in [2.45, 2.75) is 19.8 Å². The molecule has 43 heavy (non-hydrogen) atoms. The number of carboxylic acid groups (broad SMARTS) is 1. The number of ether oxygens (including phenoxy) is 1. The van der Waals surface area contributed by atoms with E-state index in [9.17, 15) is 14.0 Å². The lowest BCUT2D eigenvalue weighted by Gasteiger charge is -2.32. The summed E-state index contributed by atoms with van der Waals surface area (Å²) >= 11 is 0. The zero-order valence-electron chi connectivity index (χ0n) is 23.5. The number of nitrogens with zero attached hydrogens (tertiary/aromatic N) is 2. The van der Waals surface area contributed by atoms with E-state index in [1.165, 1.54) is 6.07 Å². The second-order valence-electron chi connectivity index (χ2n) is 10.7. The van der Waals surface area contributed by atoms with Gasteiger partial charge in [-0.25, -0.2) is 14.2 Å². The maximum atomic E-state index is 14.3. The summed E-state index contributed by atoms with van der Waals surface area (Å²) < 4.78 is 26.1. The molecule has 3 aromatic carbocycles. The highest BCUT2D eigenvalue weighted by Crippen LogP contribution is 2.32. The average Bonchev–Trinajstić information content (AvgIpc) is 3.36. The first-order chi connectivity index (χ1) is 20.9. The number of pyridine rings is 1. The van der Waals surface area contributed by atoms with Crippen molar-refractivity contribution in [3.05, 3.63) is 108 Å². The summed E-state index contributed by atoms with van der Waals surface area (Å²) in [4.78, 5) is 31.1. The van der Waals surface area contributed by atoms with Crippen LogP contribution >= 0.6 is 0 Å². The van der Waals surface area contributed by atoms with Gasteiger partial charge in [-0.05, 0) is 79.8 Å². The molecule has 0 aliphatic carbocycles. The maximum absolute atomic E-state index is 14.3. The fraction of sp³-hybridized carbons (Fsp3) is 0.206. The van der Waals surface area contributed by atoms with Gasteiger partial charge in [-0.15, -0.1) is 0 Å². The first-order valence-corrected chi connectivity index (χ1v) is 14.1. The van der Waals surface area contributed by atoms with E-state index in [1.807, 2.05) is 25.1 Å². The van der Waals surface area contributed by atoms with Crippen molar-refractivity contribution in [2.75, 3.05) is 29.9 Å². The van der Waals surface area contributed by atoms with Crippen LogP contribution < -0.4 is 15.0 Å². The molecular weight excluding hydrogens is 549 g/mol. The smallest absolute Gasteiger partial charge is 0.335 e. The first kappa shape index (κ1) is 28.0. The van der Waals surface area contributed by atoms with Crippen molar-refractivity contribution in [1.82, 2.24) is 4.98 Å². The number of fused-ring (bicyclic) bond motifs is 1. The van der Waals surface area contributed by atoms with Crippen LogP contribution in [0.5, 0.6) is 5.75 Å². The molecule has 0 radical (unpaired) electrons. The van der Waals surface area contributed by atoms with Crippen LogP contribution in [0.4, 0.5) is 15.9 Å². The zero-order valence-corrected chi connectivity index (χ0v) is 23.5. The molecule has 1 saturated heterocycles. The van der Waals surface area contributed by atoms with Crippen LogP contribution in [0, 0.1) is 18.7 Å². The quantitative estimate of drug-likeness (QED) is 0.200. The Morgan fingerprint density at radius 2 is 1.86 bits per heavy atom. The van der Waals surface area contributed by atoms with Gasteiger partial charge in [-0.3, -0.25) is 4.79 Å². The van der Waals surface area contributed by atoms with E-state index in [0.717, 1.165) is 37.1 Å². The van der Waals surface area contributed by atoms with Gasteiger partial charge in [0.2, 0.25) is 0 Å². The fourth-order valence-electron chi connectivity index (χ4n) is 5.40. The number of hydrogen-bond acceptors (Lipinski definition) is 6. The minimum atomic E-state index is -0.974. The normalized spacial score (nSPS) is 13.7. The molecule has 218 valence electrons.